The molecule has 0 amide bonds. The minimum absolute atomic E-state index is 0. The number of fused-ring (bicyclic) bond motifs is 3. The van der Waals surface area contributed by atoms with E-state index in [4.69, 9.17) is 4.74 Å². The van der Waals surface area contributed by atoms with Gasteiger partial charge in [-0.1, -0.05) is 0 Å². The third kappa shape index (κ3) is 3.20. The zero-order valence-electron chi connectivity index (χ0n) is 10.9. The summed E-state index contributed by atoms with van der Waals surface area (Å²) in [5.41, 5.74) is -0.631. The normalized spacial score (nSPS) is 28.9. The van der Waals surface area contributed by atoms with Crippen LogP contribution in [0.25, 0.3) is 0 Å². The molecule has 1 aromatic carbocycles. The molecule has 0 aromatic heterocycles. The Hall–Kier alpha value is -0.940. The summed E-state index contributed by atoms with van der Waals surface area (Å²) in [7, 11) is 0. The summed E-state index contributed by atoms with van der Waals surface area (Å²) < 4.78 is 43.2. The maximum atomic E-state index is 12.5. The van der Waals surface area contributed by atoms with Crippen LogP contribution < -0.4 is 4.74 Å². The van der Waals surface area contributed by atoms with E-state index >= 15 is 0 Å². The van der Waals surface area contributed by atoms with E-state index in [2.05, 4.69) is 4.90 Å². The van der Waals surface area contributed by atoms with E-state index < -0.39 is 11.7 Å². The summed E-state index contributed by atoms with van der Waals surface area (Å²) in [6, 6.07) is 4.99. The van der Waals surface area contributed by atoms with Crippen LogP contribution in [0.4, 0.5) is 13.2 Å². The van der Waals surface area contributed by atoms with Crippen molar-refractivity contribution < 1.29 is 17.9 Å². The van der Waals surface area contributed by atoms with Crippen molar-refractivity contribution in [1.29, 1.82) is 0 Å². The second-order valence-electron chi connectivity index (χ2n) is 5.32. The molecule has 2 nitrogen and oxygen atoms in total. The number of hydrogen-bond donors (Lipinski definition) is 0. The van der Waals surface area contributed by atoms with E-state index in [0.717, 1.165) is 44.6 Å². The maximum Gasteiger partial charge on any atom is 0.416 e. The van der Waals surface area contributed by atoms with Crippen LogP contribution >= 0.6 is 12.4 Å². The Morgan fingerprint density at radius 3 is 2.10 bits per heavy atom. The molecule has 0 N–H and O–H groups in total. The highest BCUT2D eigenvalue weighted by molar-refractivity contribution is 5.85. The van der Waals surface area contributed by atoms with Crippen LogP contribution in [0.15, 0.2) is 24.3 Å². The number of rotatable bonds is 2. The van der Waals surface area contributed by atoms with Gasteiger partial charge in [-0.05, 0) is 56.1 Å². The molecular formula is C14H17ClF3NO. The van der Waals surface area contributed by atoms with Gasteiger partial charge in [0, 0.05) is 6.54 Å². The van der Waals surface area contributed by atoms with Crippen molar-refractivity contribution in [2.24, 2.45) is 5.92 Å². The van der Waals surface area contributed by atoms with Crippen molar-refractivity contribution in [3.63, 3.8) is 0 Å². The third-order valence-electron chi connectivity index (χ3n) is 4.07. The molecule has 20 heavy (non-hydrogen) atoms. The van der Waals surface area contributed by atoms with Crippen molar-refractivity contribution >= 4 is 12.4 Å². The Bertz CT molecular complexity index is 441. The van der Waals surface area contributed by atoms with Crippen LogP contribution in [0, 0.1) is 5.92 Å². The Morgan fingerprint density at radius 1 is 1.05 bits per heavy atom. The largest absolute Gasteiger partial charge is 0.489 e. The Labute approximate surface area is 122 Å². The molecule has 3 saturated heterocycles. The molecule has 3 aliphatic heterocycles. The molecule has 4 rings (SSSR count). The van der Waals surface area contributed by atoms with Gasteiger partial charge < -0.3 is 4.74 Å². The Kier molecular flexibility index (Phi) is 4.49. The van der Waals surface area contributed by atoms with Crippen molar-refractivity contribution in [3.05, 3.63) is 29.8 Å². The molecule has 1 aromatic rings. The molecule has 0 aliphatic carbocycles. The second kappa shape index (κ2) is 5.82. The van der Waals surface area contributed by atoms with Crippen molar-refractivity contribution in [2.45, 2.75) is 25.1 Å². The van der Waals surface area contributed by atoms with E-state index in [1.807, 2.05) is 0 Å². The van der Waals surface area contributed by atoms with E-state index in [1.54, 1.807) is 0 Å². The van der Waals surface area contributed by atoms with Crippen molar-refractivity contribution in [2.75, 3.05) is 19.6 Å². The van der Waals surface area contributed by atoms with E-state index in [1.165, 1.54) is 12.1 Å². The molecule has 1 atom stereocenters. The van der Waals surface area contributed by atoms with Crippen LogP contribution in [0.5, 0.6) is 5.75 Å². The van der Waals surface area contributed by atoms with Crippen LogP contribution in [-0.2, 0) is 6.18 Å². The van der Waals surface area contributed by atoms with Gasteiger partial charge in [0.15, 0.2) is 0 Å². The number of hydrogen-bond acceptors (Lipinski definition) is 2. The quantitative estimate of drug-likeness (QED) is 0.828. The first-order valence-corrected chi connectivity index (χ1v) is 6.58. The molecule has 112 valence electrons. The average molecular weight is 308 g/mol. The number of alkyl halides is 3. The molecule has 3 heterocycles. The Balaban J connectivity index is 0.00000147. The topological polar surface area (TPSA) is 12.5 Å². The SMILES string of the molecule is Cl.FC(F)(F)c1ccc(OC2CN3CCC2CC3)cc1. The van der Waals surface area contributed by atoms with E-state index in [9.17, 15) is 13.2 Å². The number of piperidine rings is 3. The fourth-order valence-corrected chi connectivity index (χ4v) is 2.94. The predicted molar refractivity (Wildman–Crippen MR) is 72.3 cm³/mol. The lowest BCUT2D eigenvalue weighted by Gasteiger charge is -2.44. The predicted octanol–water partition coefficient (Wildman–Crippen LogP) is 3.60. The standard InChI is InChI=1S/C14H16F3NO.ClH/c15-14(16,17)11-1-3-12(4-2-11)19-13-9-18-7-5-10(13)6-8-18;/h1-4,10,13H,5-9H2;1H. The maximum absolute atomic E-state index is 12.5. The van der Waals surface area contributed by atoms with Gasteiger partial charge in [0.05, 0.1) is 5.56 Å². The monoisotopic (exact) mass is 307 g/mol. The van der Waals surface area contributed by atoms with Gasteiger partial charge in [-0.2, -0.15) is 13.2 Å². The highest BCUT2D eigenvalue weighted by Gasteiger charge is 2.35. The van der Waals surface area contributed by atoms with Crippen LogP contribution in [0.3, 0.4) is 0 Å². The zero-order chi connectivity index (χ0) is 13.5. The Morgan fingerprint density at radius 2 is 1.65 bits per heavy atom. The summed E-state index contributed by atoms with van der Waals surface area (Å²) in [4.78, 5) is 2.36. The lowest BCUT2D eigenvalue weighted by Crippen LogP contribution is -2.52. The van der Waals surface area contributed by atoms with Gasteiger partial charge in [-0.3, -0.25) is 4.90 Å². The minimum atomic E-state index is -4.28. The molecule has 1 unspecified atom stereocenters. The van der Waals surface area contributed by atoms with E-state index in [-0.39, 0.29) is 18.5 Å². The van der Waals surface area contributed by atoms with Gasteiger partial charge in [0.25, 0.3) is 0 Å². The summed E-state index contributed by atoms with van der Waals surface area (Å²) in [6.45, 7) is 3.14. The summed E-state index contributed by atoms with van der Waals surface area (Å²) in [5.74, 6) is 1.08. The number of nitrogens with zero attached hydrogens (tertiary/aromatic N) is 1. The number of benzene rings is 1. The van der Waals surface area contributed by atoms with Crippen molar-refractivity contribution in [3.8, 4) is 5.75 Å². The third-order valence-corrected chi connectivity index (χ3v) is 4.07. The lowest BCUT2D eigenvalue weighted by molar-refractivity contribution is -0.137. The smallest absolute Gasteiger partial charge is 0.416 e. The fraction of sp³-hybridized carbons (Fsp3) is 0.571. The van der Waals surface area contributed by atoms with Crippen LogP contribution in [0.2, 0.25) is 0 Å². The molecule has 6 heteroatoms. The minimum Gasteiger partial charge on any atom is -0.489 e. The summed E-state index contributed by atoms with van der Waals surface area (Å²) >= 11 is 0. The highest BCUT2D eigenvalue weighted by atomic mass is 35.5. The van der Waals surface area contributed by atoms with Gasteiger partial charge in [-0.15, -0.1) is 12.4 Å². The van der Waals surface area contributed by atoms with Crippen LogP contribution in [0.1, 0.15) is 18.4 Å². The first-order valence-electron chi connectivity index (χ1n) is 6.58. The fourth-order valence-electron chi connectivity index (χ4n) is 2.94. The molecule has 0 spiro atoms. The first-order chi connectivity index (χ1) is 9.02. The van der Waals surface area contributed by atoms with Crippen LogP contribution in [-0.4, -0.2) is 30.6 Å². The lowest BCUT2D eigenvalue weighted by atomic mass is 9.86. The molecule has 2 bridgehead atoms. The molecular weight excluding hydrogens is 291 g/mol. The van der Waals surface area contributed by atoms with Gasteiger partial charge in [0.2, 0.25) is 0 Å². The summed E-state index contributed by atoms with van der Waals surface area (Å²) in [5, 5.41) is 0. The molecule has 0 radical (unpaired) electrons. The molecule has 0 saturated carbocycles. The zero-order valence-corrected chi connectivity index (χ0v) is 11.7. The summed E-state index contributed by atoms with van der Waals surface area (Å²) in [6.07, 6.45) is -1.90. The van der Waals surface area contributed by atoms with Crippen molar-refractivity contribution in [1.82, 2.24) is 4.90 Å². The number of halogens is 4. The second-order valence-corrected chi connectivity index (χ2v) is 5.32. The first kappa shape index (κ1) is 15.4. The van der Waals surface area contributed by atoms with E-state index in [0.29, 0.717) is 11.7 Å². The molecule has 3 fully saturated rings. The average Bonchev–Trinajstić information content (AvgIpc) is 2.40. The van der Waals surface area contributed by atoms with Gasteiger partial charge >= 0.3 is 6.18 Å². The van der Waals surface area contributed by atoms with Gasteiger partial charge in [-0.25, -0.2) is 0 Å². The highest BCUT2D eigenvalue weighted by Crippen LogP contribution is 2.33. The molecule has 3 aliphatic rings. The number of ether oxygens (including phenoxy) is 1. The van der Waals surface area contributed by atoms with Gasteiger partial charge in [0.1, 0.15) is 11.9 Å².